The van der Waals surface area contributed by atoms with Crippen molar-refractivity contribution >= 4 is 22.6 Å². The normalized spacial score (nSPS) is 12.0. The van der Waals surface area contributed by atoms with Gasteiger partial charge in [0, 0.05) is 30.5 Å². The minimum Gasteiger partial charge on any atom is -0.369 e. The lowest BCUT2D eigenvalue weighted by atomic mass is 9.98. The summed E-state index contributed by atoms with van der Waals surface area (Å²) in [7, 11) is 0. The van der Waals surface area contributed by atoms with Crippen LogP contribution in [0.5, 0.6) is 0 Å². The van der Waals surface area contributed by atoms with Crippen molar-refractivity contribution in [3.8, 4) is 0 Å². The van der Waals surface area contributed by atoms with Gasteiger partial charge in [-0.2, -0.15) is 0 Å². The molecule has 2 aromatic carbocycles. The molecule has 1 atom stereocenters. The molecule has 0 aliphatic carbocycles. The van der Waals surface area contributed by atoms with Gasteiger partial charge in [-0.15, -0.1) is 0 Å². The van der Waals surface area contributed by atoms with Crippen molar-refractivity contribution in [2.45, 2.75) is 19.9 Å². The Morgan fingerprint density at radius 2 is 1.69 bits per heavy atom. The molecule has 26 heavy (non-hydrogen) atoms. The van der Waals surface area contributed by atoms with Gasteiger partial charge >= 0.3 is 0 Å². The molecule has 0 aliphatic heterocycles. The molecule has 1 heterocycles. The fraction of sp³-hybridized carbons (Fsp3) is 0.190. The summed E-state index contributed by atoms with van der Waals surface area (Å²) in [5, 5.41) is 0.487. The topological polar surface area (TPSA) is 82.2 Å². The van der Waals surface area contributed by atoms with Crippen LogP contribution in [0, 0.1) is 5.92 Å². The van der Waals surface area contributed by atoms with Gasteiger partial charge in [-0.1, -0.05) is 49.4 Å². The summed E-state index contributed by atoms with van der Waals surface area (Å²) in [5.41, 5.74) is 6.85. The summed E-state index contributed by atoms with van der Waals surface area (Å²) in [6.45, 7) is 2.12. The lowest BCUT2D eigenvalue weighted by Gasteiger charge is -2.14. The van der Waals surface area contributed by atoms with E-state index in [0.717, 1.165) is 11.1 Å². The van der Waals surface area contributed by atoms with Crippen LogP contribution in [0.2, 0.25) is 0 Å². The summed E-state index contributed by atoms with van der Waals surface area (Å²) in [4.78, 5) is 36.6. The van der Waals surface area contributed by atoms with Gasteiger partial charge in [0.15, 0.2) is 11.2 Å². The van der Waals surface area contributed by atoms with E-state index in [1.807, 2.05) is 47.0 Å². The second-order valence-corrected chi connectivity index (χ2v) is 6.43. The Hall–Kier alpha value is -3.21. The largest absolute Gasteiger partial charge is 0.369 e. The van der Waals surface area contributed by atoms with Crippen molar-refractivity contribution in [2.75, 3.05) is 0 Å². The number of primary amides is 1. The van der Waals surface area contributed by atoms with Gasteiger partial charge in [0.1, 0.15) is 0 Å². The zero-order valence-corrected chi connectivity index (χ0v) is 14.5. The molecule has 132 valence electrons. The lowest BCUT2D eigenvalue weighted by Crippen LogP contribution is -2.26. The van der Waals surface area contributed by atoms with Crippen molar-refractivity contribution in [2.24, 2.45) is 11.7 Å². The molecule has 0 radical (unpaired) electrons. The van der Waals surface area contributed by atoms with E-state index in [0.29, 0.717) is 11.9 Å². The van der Waals surface area contributed by atoms with Gasteiger partial charge in [-0.3, -0.25) is 14.4 Å². The van der Waals surface area contributed by atoms with Crippen LogP contribution in [0.15, 0.2) is 65.6 Å². The molecule has 3 aromatic rings. The van der Waals surface area contributed by atoms with E-state index in [9.17, 15) is 14.4 Å². The standard InChI is InChI=1S/C21H20N2O3/c1-14(21(22)26)11-19(24)17-13-23(12-15-7-3-2-4-8-15)18-10-6-5-9-16(18)20(17)25/h2-10,13-14H,11-12H2,1H3,(H2,22,26)/t14-/m1/s1. The summed E-state index contributed by atoms with van der Waals surface area (Å²) in [6, 6.07) is 17.0. The highest BCUT2D eigenvalue weighted by Gasteiger charge is 2.20. The first kappa shape index (κ1) is 17.6. The van der Waals surface area contributed by atoms with Crippen LogP contribution in [-0.4, -0.2) is 16.3 Å². The molecule has 5 nitrogen and oxygen atoms in total. The molecular weight excluding hydrogens is 328 g/mol. The van der Waals surface area contributed by atoms with Crippen LogP contribution < -0.4 is 11.2 Å². The summed E-state index contributed by atoms with van der Waals surface area (Å²) in [6.07, 6.45) is 1.52. The summed E-state index contributed by atoms with van der Waals surface area (Å²) in [5.74, 6) is -1.53. The van der Waals surface area contributed by atoms with Crippen molar-refractivity contribution in [3.05, 3.63) is 82.1 Å². The van der Waals surface area contributed by atoms with Crippen LogP contribution >= 0.6 is 0 Å². The number of aromatic nitrogens is 1. The van der Waals surface area contributed by atoms with E-state index in [-0.39, 0.29) is 23.2 Å². The molecule has 0 aliphatic rings. The Kier molecular flexibility index (Phi) is 4.98. The van der Waals surface area contributed by atoms with Crippen molar-refractivity contribution < 1.29 is 9.59 Å². The number of benzene rings is 2. The Morgan fingerprint density at radius 1 is 1.04 bits per heavy atom. The van der Waals surface area contributed by atoms with Crippen molar-refractivity contribution in [1.82, 2.24) is 4.57 Å². The van der Waals surface area contributed by atoms with Gasteiger partial charge in [-0.25, -0.2) is 0 Å². The van der Waals surface area contributed by atoms with Crippen LogP contribution in [-0.2, 0) is 11.3 Å². The van der Waals surface area contributed by atoms with Crippen molar-refractivity contribution in [1.29, 1.82) is 0 Å². The number of carbonyl (C=O) groups excluding carboxylic acids is 2. The molecule has 1 amide bonds. The molecule has 0 unspecified atom stereocenters. The Balaban J connectivity index is 2.09. The molecule has 0 spiro atoms. The third-order valence-electron chi connectivity index (χ3n) is 4.46. The highest BCUT2D eigenvalue weighted by atomic mass is 16.2. The number of pyridine rings is 1. The molecular formula is C21H20N2O3. The average molecular weight is 348 g/mol. The number of carbonyl (C=O) groups is 2. The molecule has 0 bridgehead atoms. The Labute approximate surface area is 151 Å². The Bertz CT molecular complexity index is 1020. The van der Waals surface area contributed by atoms with Crippen molar-refractivity contribution in [3.63, 3.8) is 0 Å². The third kappa shape index (κ3) is 3.57. The minimum atomic E-state index is -0.615. The minimum absolute atomic E-state index is 0.0751. The zero-order chi connectivity index (χ0) is 18.7. The van der Waals surface area contributed by atoms with E-state index in [1.54, 1.807) is 25.3 Å². The first-order valence-electron chi connectivity index (χ1n) is 8.46. The number of hydrogen-bond acceptors (Lipinski definition) is 3. The maximum Gasteiger partial charge on any atom is 0.220 e. The SMILES string of the molecule is C[C@H](CC(=O)c1cn(Cc2ccccc2)c2ccccc2c1=O)C(N)=O. The average Bonchev–Trinajstić information content (AvgIpc) is 2.64. The number of Topliss-reactive ketones (excluding diaryl/α,β-unsaturated/α-hetero) is 1. The lowest BCUT2D eigenvalue weighted by molar-refractivity contribution is -0.121. The number of nitrogens with two attached hydrogens (primary N) is 1. The van der Waals surface area contributed by atoms with E-state index in [1.165, 1.54) is 0 Å². The number of fused-ring (bicyclic) bond motifs is 1. The van der Waals surface area contributed by atoms with E-state index < -0.39 is 11.8 Å². The fourth-order valence-corrected chi connectivity index (χ4v) is 2.94. The highest BCUT2D eigenvalue weighted by molar-refractivity contribution is 6.00. The van der Waals surface area contributed by atoms with Crippen LogP contribution in [0.4, 0.5) is 0 Å². The highest BCUT2D eigenvalue weighted by Crippen LogP contribution is 2.16. The second-order valence-electron chi connectivity index (χ2n) is 6.43. The maximum absolute atomic E-state index is 12.8. The second kappa shape index (κ2) is 7.35. The van der Waals surface area contributed by atoms with Gasteiger partial charge in [0.2, 0.25) is 5.91 Å². The molecule has 1 aromatic heterocycles. The molecule has 0 saturated carbocycles. The quantitative estimate of drug-likeness (QED) is 0.695. The molecule has 5 heteroatoms. The zero-order valence-electron chi connectivity index (χ0n) is 14.5. The third-order valence-corrected chi connectivity index (χ3v) is 4.46. The fourth-order valence-electron chi connectivity index (χ4n) is 2.94. The molecule has 2 N–H and O–H groups in total. The first-order chi connectivity index (χ1) is 12.5. The van der Waals surface area contributed by atoms with E-state index in [2.05, 4.69) is 0 Å². The Morgan fingerprint density at radius 3 is 2.38 bits per heavy atom. The van der Waals surface area contributed by atoms with Crippen LogP contribution in [0.3, 0.4) is 0 Å². The number of nitrogens with zero attached hydrogens (tertiary/aromatic N) is 1. The number of amides is 1. The van der Waals surface area contributed by atoms with Gasteiger partial charge in [0.25, 0.3) is 0 Å². The number of rotatable bonds is 6. The first-order valence-corrected chi connectivity index (χ1v) is 8.46. The van der Waals surface area contributed by atoms with Gasteiger partial charge in [-0.05, 0) is 17.7 Å². The number of para-hydroxylation sites is 1. The predicted octanol–water partition coefficient (Wildman–Crippen LogP) is 2.74. The van der Waals surface area contributed by atoms with E-state index in [4.69, 9.17) is 5.73 Å². The van der Waals surface area contributed by atoms with Gasteiger partial charge < -0.3 is 10.3 Å². The predicted molar refractivity (Wildman–Crippen MR) is 101 cm³/mol. The maximum atomic E-state index is 12.8. The monoisotopic (exact) mass is 348 g/mol. The molecule has 0 saturated heterocycles. The summed E-state index contributed by atoms with van der Waals surface area (Å²) < 4.78 is 1.90. The van der Waals surface area contributed by atoms with Crippen LogP contribution in [0.1, 0.15) is 29.3 Å². The molecule has 3 rings (SSSR count). The van der Waals surface area contributed by atoms with Crippen LogP contribution in [0.25, 0.3) is 10.9 Å². The smallest absolute Gasteiger partial charge is 0.220 e. The number of hydrogen-bond donors (Lipinski definition) is 1. The summed E-state index contributed by atoms with van der Waals surface area (Å²) >= 11 is 0. The number of ketones is 1. The van der Waals surface area contributed by atoms with E-state index >= 15 is 0 Å². The van der Waals surface area contributed by atoms with Gasteiger partial charge in [0.05, 0.1) is 11.1 Å². The molecule has 0 fully saturated rings.